The standard InChI is InChI=1S/C16H21FN4O/c1-12-18-19(2)16(22)21(12)15-6-8-20(9-7-15)11-13-4-3-5-14(17)10-13/h3-5,10,15H,6-9,11H2,1-2H3. The van der Waals surface area contributed by atoms with Gasteiger partial charge >= 0.3 is 5.69 Å². The van der Waals surface area contributed by atoms with Gasteiger partial charge in [0.15, 0.2) is 0 Å². The number of aromatic nitrogens is 3. The van der Waals surface area contributed by atoms with Gasteiger partial charge in [-0.2, -0.15) is 5.10 Å². The second kappa shape index (κ2) is 6.04. The maximum atomic E-state index is 13.2. The van der Waals surface area contributed by atoms with Crippen LogP contribution in [0.4, 0.5) is 4.39 Å². The summed E-state index contributed by atoms with van der Waals surface area (Å²) in [5, 5.41) is 4.19. The molecule has 1 aromatic carbocycles. The molecule has 1 fully saturated rings. The number of hydrogen-bond donors (Lipinski definition) is 0. The average Bonchev–Trinajstić information content (AvgIpc) is 2.73. The first kappa shape index (κ1) is 15.0. The highest BCUT2D eigenvalue weighted by Gasteiger charge is 2.24. The van der Waals surface area contributed by atoms with Crippen molar-refractivity contribution in [2.75, 3.05) is 13.1 Å². The summed E-state index contributed by atoms with van der Waals surface area (Å²) in [6, 6.07) is 6.96. The van der Waals surface area contributed by atoms with Crippen LogP contribution in [0.15, 0.2) is 29.1 Å². The van der Waals surface area contributed by atoms with Crippen molar-refractivity contribution in [2.45, 2.75) is 32.4 Å². The third-order valence-corrected chi connectivity index (χ3v) is 4.34. The Morgan fingerprint density at radius 1 is 1.32 bits per heavy atom. The molecule has 22 heavy (non-hydrogen) atoms. The molecule has 0 bridgehead atoms. The lowest BCUT2D eigenvalue weighted by Gasteiger charge is -2.32. The Morgan fingerprint density at radius 3 is 2.64 bits per heavy atom. The minimum Gasteiger partial charge on any atom is -0.299 e. The normalized spacial score (nSPS) is 17.0. The fourth-order valence-corrected chi connectivity index (χ4v) is 3.25. The van der Waals surface area contributed by atoms with E-state index >= 15 is 0 Å². The summed E-state index contributed by atoms with van der Waals surface area (Å²) >= 11 is 0. The highest BCUT2D eigenvalue weighted by atomic mass is 19.1. The summed E-state index contributed by atoms with van der Waals surface area (Å²) in [7, 11) is 1.69. The number of hydrogen-bond acceptors (Lipinski definition) is 3. The third-order valence-electron chi connectivity index (χ3n) is 4.34. The van der Waals surface area contributed by atoms with Crippen LogP contribution >= 0.6 is 0 Å². The van der Waals surface area contributed by atoms with E-state index in [2.05, 4.69) is 10.00 Å². The van der Waals surface area contributed by atoms with E-state index in [1.54, 1.807) is 23.7 Å². The lowest BCUT2D eigenvalue weighted by molar-refractivity contribution is 0.176. The summed E-state index contributed by atoms with van der Waals surface area (Å²) < 4.78 is 16.4. The summed E-state index contributed by atoms with van der Waals surface area (Å²) in [4.78, 5) is 14.4. The Bertz CT molecular complexity index is 713. The monoisotopic (exact) mass is 304 g/mol. The fraction of sp³-hybridized carbons (Fsp3) is 0.500. The van der Waals surface area contributed by atoms with E-state index in [0.29, 0.717) is 0 Å². The van der Waals surface area contributed by atoms with Gasteiger partial charge in [-0.05, 0) is 37.5 Å². The van der Waals surface area contributed by atoms with Crippen LogP contribution < -0.4 is 5.69 Å². The van der Waals surface area contributed by atoms with Gasteiger partial charge in [-0.25, -0.2) is 13.9 Å². The molecule has 0 spiro atoms. The molecule has 0 saturated carbocycles. The Kier molecular flexibility index (Phi) is 4.11. The van der Waals surface area contributed by atoms with Crippen molar-refractivity contribution >= 4 is 0 Å². The maximum absolute atomic E-state index is 13.2. The van der Waals surface area contributed by atoms with Crippen molar-refractivity contribution in [3.05, 3.63) is 52.0 Å². The summed E-state index contributed by atoms with van der Waals surface area (Å²) in [6.45, 7) is 4.44. The predicted octanol–water partition coefficient (Wildman–Crippen LogP) is 1.87. The Morgan fingerprint density at radius 2 is 2.05 bits per heavy atom. The van der Waals surface area contributed by atoms with E-state index in [1.165, 1.54) is 10.7 Å². The van der Waals surface area contributed by atoms with Crippen molar-refractivity contribution in [2.24, 2.45) is 7.05 Å². The van der Waals surface area contributed by atoms with Crippen LogP contribution in [0, 0.1) is 12.7 Å². The van der Waals surface area contributed by atoms with E-state index in [1.807, 2.05) is 13.0 Å². The molecular weight excluding hydrogens is 283 g/mol. The molecule has 0 aliphatic carbocycles. The molecular formula is C16H21FN4O. The van der Waals surface area contributed by atoms with Crippen LogP contribution in [-0.4, -0.2) is 32.3 Å². The third kappa shape index (κ3) is 2.97. The van der Waals surface area contributed by atoms with Crippen molar-refractivity contribution < 1.29 is 4.39 Å². The Hall–Kier alpha value is -1.95. The first-order chi connectivity index (χ1) is 10.5. The van der Waals surface area contributed by atoms with Gasteiger partial charge in [0.1, 0.15) is 11.6 Å². The minimum absolute atomic E-state index is 0.0407. The van der Waals surface area contributed by atoms with E-state index < -0.39 is 0 Å². The quantitative estimate of drug-likeness (QED) is 0.869. The van der Waals surface area contributed by atoms with Gasteiger partial charge in [-0.15, -0.1) is 0 Å². The van der Waals surface area contributed by atoms with Crippen LogP contribution in [0.3, 0.4) is 0 Å². The molecule has 118 valence electrons. The van der Waals surface area contributed by atoms with Crippen LogP contribution in [0.1, 0.15) is 30.3 Å². The summed E-state index contributed by atoms with van der Waals surface area (Å²) in [6.07, 6.45) is 1.84. The lowest BCUT2D eigenvalue weighted by Crippen LogP contribution is -2.37. The molecule has 5 nitrogen and oxygen atoms in total. The molecule has 1 saturated heterocycles. The molecule has 0 unspecified atom stereocenters. The van der Waals surface area contributed by atoms with Gasteiger partial charge in [0, 0.05) is 32.7 Å². The van der Waals surface area contributed by atoms with Crippen LogP contribution in [0.2, 0.25) is 0 Å². The van der Waals surface area contributed by atoms with Crippen molar-refractivity contribution in [3.63, 3.8) is 0 Å². The summed E-state index contributed by atoms with van der Waals surface area (Å²) in [5.41, 5.74) is 0.953. The van der Waals surface area contributed by atoms with Gasteiger partial charge in [0.05, 0.1) is 0 Å². The number of likely N-dealkylation sites (tertiary alicyclic amines) is 1. The SMILES string of the molecule is Cc1nn(C)c(=O)n1C1CCN(Cc2cccc(F)c2)CC1. The number of halogens is 1. The van der Waals surface area contributed by atoms with E-state index in [0.717, 1.165) is 43.9 Å². The lowest BCUT2D eigenvalue weighted by atomic mass is 10.0. The molecule has 6 heteroatoms. The van der Waals surface area contributed by atoms with E-state index in [4.69, 9.17) is 0 Å². The molecule has 3 rings (SSSR count). The Balaban J connectivity index is 1.64. The second-order valence-corrected chi connectivity index (χ2v) is 5.96. The highest BCUT2D eigenvalue weighted by molar-refractivity contribution is 5.16. The number of piperidine rings is 1. The smallest absolute Gasteiger partial charge is 0.299 e. The first-order valence-electron chi connectivity index (χ1n) is 7.63. The van der Waals surface area contributed by atoms with Crippen LogP contribution in [-0.2, 0) is 13.6 Å². The molecule has 0 amide bonds. The number of benzene rings is 1. The molecule has 2 aromatic rings. The molecule has 0 radical (unpaired) electrons. The largest absolute Gasteiger partial charge is 0.345 e. The Labute approximate surface area is 129 Å². The predicted molar refractivity (Wildman–Crippen MR) is 82.2 cm³/mol. The molecule has 1 aromatic heterocycles. The highest BCUT2D eigenvalue weighted by Crippen LogP contribution is 2.23. The van der Waals surface area contributed by atoms with Crippen LogP contribution in [0.25, 0.3) is 0 Å². The average molecular weight is 304 g/mol. The zero-order valence-electron chi connectivity index (χ0n) is 13.0. The zero-order chi connectivity index (χ0) is 15.7. The number of aryl methyl sites for hydroxylation is 2. The number of nitrogens with zero attached hydrogens (tertiary/aromatic N) is 4. The van der Waals surface area contributed by atoms with Crippen molar-refractivity contribution in [1.29, 1.82) is 0 Å². The molecule has 0 N–H and O–H groups in total. The summed E-state index contributed by atoms with van der Waals surface area (Å²) in [5.74, 6) is 0.584. The van der Waals surface area contributed by atoms with Crippen molar-refractivity contribution in [3.8, 4) is 0 Å². The van der Waals surface area contributed by atoms with Gasteiger partial charge in [-0.1, -0.05) is 12.1 Å². The molecule has 1 aliphatic rings. The van der Waals surface area contributed by atoms with Gasteiger partial charge in [-0.3, -0.25) is 9.47 Å². The van der Waals surface area contributed by atoms with E-state index in [-0.39, 0.29) is 17.5 Å². The number of rotatable bonds is 3. The first-order valence-corrected chi connectivity index (χ1v) is 7.63. The van der Waals surface area contributed by atoms with Gasteiger partial charge < -0.3 is 0 Å². The maximum Gasteiger partial charge on any atom is 0.345 e. The van der Waals surface area contributed by atoms with Gasteiger partial charge in [0.2, 0.25) is 0 Å². The van der Waals surface area contributed by atoms with Crippen LogP contribution in [0.5, 0.6) is 0 Å². The second-order valence-electron chi connectivity index (χ2n) is 5.96. The minimum atomic E-state index is -0.190. The topological polar surface area (TPSA) is 43.1 Å². The fourth-order valence-electron chi connectivity index (χ4n) is 3.25. The zero-order valence-corrected chi connectivity index (χ0v) is 13.0. The van der Waals surface area contributed by atoms with E-state index in [9.17, 15) is 9.18 Å². The molecule has 1 aliphatic heterocycles. The molecule has 2 heterocycles. The van der Waals surface area contributed by atoms with Gasteiger partial charge in [0.25, 0.3) is 0 Å². The van der Waals surface area contributed by atoms with Crippen molar-refractivity contribution in [1.82, 2.24) is 19.2 Å². The molecule has 0 atom stereocenters.